The summed E-state index contributed by atoms with van der Waals surface area (Å²) >= 11 is 0. The molecule has 0 fully saturated rings. The first-order chi connectivity index (χ1) is 12.8. The Morgan fingerprint density at radius 1 is 0.615 bits per heavy atom. The number of rotatable bonds is 4. The predicted octanol–water partition coefficient (Wildman–Crippen LogP) is 6.40. The molecule has 4 aromatic carbocycles. The zero-order valence-electron chi connectivity index (χ0n) is 14.3. The van der Waals surface area contributed by atoms with Crippen molar-refractivity contribution in [2.24, 2.45) is 0 Å². The molecule has 0 unspecified atom stereocenters. The van der Waals surface area contributed by atoms with Gasteiger partial charge in [-0.3, -0.25) is 4.79 Å². The topological polar surface area (TPSA) is 17.1 Å². The molecule has 0 N–H and O–H groups in total. The van der Waals surface area contributed by atoms with E-state index in [1.807, 2.05) is 54.6 Å². The van der Waals surface area contributed by atoms with Gasteiger partial charge < -0.3 is 0 Å². The summed E-state index contributed by atoms with van der Waals surface area (Å²) in [6, 6.07) is 32.2. The Hall–Kier alpha value is -3.45. The third kappa shape index (κ3) is 3.20. The minimum Gasteiger partial charge on any atom is -0.289 e. The molecule has 0 aliphatic rings. The second-order valence-corrected chi connectivity index (χ2v) is 6.18. The van der Waals surface area contributed by atoms with Crippen molar-refractivity contribution >= 4 is 22.6 Å². The molecule has 0 atom stereocenters. The van der Waals surface area contributed by atoms with E-state index < -0.39 is 0 Å². The summed E-state index contributed by atoms with van der Waals surface area (Å²) in [4.78, 5) is 12.4. The van der Waals surface area contributed by atoms with Crippen molar-refractivity contribution in [3.63, 3.8) is 0 Å². The summed E-state index contributed by atoms with van der Waals surface area (Å²) in [5.74, 6) is 0.0123. The maximum Gasteiger partial charge on any atom is 0.185 e. The monoisotopic (exact) mass is 334 g/mol. The van der Waals surface area contributed by atoms with E-state index in [9.17, 15) is 4.79 Å². The molecule has 0 heterocycles. The van der Waals surface area contributed by atoms with Gasteiger partial charge in [0.1, 0.15) is 0 Å². The molecule has 1 nitrogen and oxygen atoms in total. The van der Waals surface area contributed by atoms with Gasteiger partial charge in [0.25, 0.3) is 0 Å². The maximum atomic E-state index is 12.4. The molecular formula is C25H18O. The molecule has 0 aromatic heterocycles. The molecule has 1 heteroatoms. The van der Waals surface area contributed by atoms with E-state index in [1.54, 1.807) is 6.08 Å². The van der Waals surface area contributed by atoms with E-state index in [0.717, 1.165) is 11.1 Å². The smallest absolute Gasteiger partial charge is 0.185 e. The van der Waals surface area contributed by atoms with Crippen LogP contribution in [0.1, 0.15) is 15.9 Å². The van der Waals surface area contributed by atoms with E-state index in [4.69, 9.17) is 0 Å². The molecule has 26 heavy (non-hydrogen) atoms. The Labute approximate surface area is 153 Å². The normalized spacial score (nSPS) is 11.1. The third-order valence-electron chi connectivity index (χ3n) is 4.51. The Kier molecular flexibility index (Phi) is 4.44. The molecule has 0 aliphatic heterocycles. The lowest BCUT2D eigenvalue weighted by molar-refractivity contribution is 0.104. The Morgan fingerprint density at radius 3 is 2.15 bits per heavy atom. The second-order valence-electron chi connectivity index (χ2n) is 6.18. The first kappa shape index (κ1) is 16.0. The SMILES string of the molecule is O=C(C=Cc1ccccc1-c1cccc2ccccc12)c1ccccc1. The molecule has 0 radical (unpaired) electrons. The van der Waals surface area contributed by atoms with Gasteiger partial charge in [0.15, 0.2) is 5.78 Å². The van der Waals surface area contributed by atoms with E-state index >= 15 is 0 Å². The van der Waals surface area contributed by atoms with Gasteiger partial charge in [0.05, 0.1) is 0 Å². The van der Waals surface area contributed by atoms with Crippen LogP contribution in [0.4, 0.5) is 0 Å². The highest BCUT2D eigenvalue weighted by Crippen LogP contribution is 2.31. The van der Waals surface area contributed by atoms with Crippen molar-refractivity contribution in [3.8, 4) is 11.1 Å². The minimum atomic E-state index is 0.0123. The molecule has 124 valence electrons. The largest absolute Gasteiger partial charge is 0.289 e. The van der Waals surface area contributed by atoms with Gasteiger partial charge in [-0.25, -0.2) is 0 Å². The number of allylic oxidation sites excluding steroid dienone is 1. The zero-order valence-corrected chi connectivity index (χ0v) is 14.3. The van der Waals surface area contributed by atoms with E-state index in [2.05, 4.69) is 48.5 Å². The summed E-state index contributed by atoms with van der Waals surface area (Å²) in [6.45, 7) is 0. The van der Waals surface area contributed by atoms with Crippen LogP contribution in [-0.2, 0) is 0 Å². The fourth-order valence-electron chi connectivity index (χ4n) is 3.21. The quantitative estimate of drug-likeness (QED) is 0.311. The van der Waals surface area contributed by atoms with Crippen molar-refractivity contribution in [2.45, 2.75) is 0 Å². The zero-order chi connectivity index (χ0) is 17.8. The van der Waals surface area contributed by atoms with Crippen LogP contribution < -0.4 is 0 Å². The lowest BCUT2D eigenvalue weighted by Gasteiger charge is -2.10. The van der Waals surface area contributed by atoms with Gasteiger partial charge in [-0.1, -0.05) is 103 Å². The summed E-state index contributed by atoms with van der Waals surface area (Å²) in [7, 11) is 0. The summed E-state index contributed by atoms with van der Waals surface area (Å²) in [5.41, 5.74) is 4.04. The van der Waals surface area contributed by atoms with Crippen LogP contribution in [0, 0.1) is 0 Å². The standard InChI is InChI=1S/C25H18O/c26-25(21-11-2-1-3-12-21)18-17-20-10-5-7-15-23(20)24-16-8-13-19-9-4-6-14-22(19)24/h1-18H. The van der Waals surface area contributed by atoms with Crippen LogP contribution in [0.25, 0.3) is 28.0 Å². The lowest BCUT2D eigenvalue weighted by Crippen LogP contribution is -1.93. The Bertz CT molecular complexity index is 1090. The van der Waals surface area contributed by atoms with Crippen LogP contribution in [0.15, 0.2) is 103 Å². The molecule has 4 aromatic rings. The number of ketones is 1. The molecule has 0 spiro atoms. The van der Waals surface area contributed by atoms with Gasteiger partial charge in [0, 0.05) is 5.56 Å². The van der Waals surface area contributed by atoms with Crippen molar-refractivity contribution in [2.75, 3.05) is 0 Å². The molecule has 0 bridgehead atoms. The second kappa shape index (κ2) is 7.20. The minimum absolute atomic E-state index is 0.0123. The van der Waals surface area contributed by atoms with Crippen molar-refractivity contribution in [3.05, 3.63) is 114 Å². The molecule has 0 saturated heterocycles. The molecule has 0 aliphatic carbocycles. The molecular weight excluding hydrogens is 316 g/mol. The number of hydrogen-bond donors (Lipinski definition) is 0. The van der Waals surface area contributed by atoms with E-state index in [0.29, 0.717) is 5.56 Å². The van der Waals surface area contributed by atoms with Crippen molar-refractivity contribution in [1.82, 2.24) is 0 Å². The predicted molar refractivity (Wildman–Crippen MR) is 109 cm³/mol. The highest BCUT2D eigenvalue weighted by molar-refractivity contribution is 6.07. The van der Waals surface area contributed by atoms with Crippen LogP contribution in [0.2, 0.25) is 0 Å². The van der Waals surface area contributed by atoms with E-state index in [1.165, 1.54) is 16.3 Å². The van der Waals surface area contributed by atoms with Crippen LogP contribution in [0.3, 0.4) is 0 Å². The number of hydrogen-bond acceptors (Lipinski definition) is 1. The average Bonchev–Trinajstić information content (AvgIpc) is 2.72. The third-order valence-corrected chi connectivity index (χ3v) is 4.51. The molecule has 0 saturated carbocycles. The van der Waals surface area contributed by atoms with Gasteiger partial charge in [0.2, 0.25) is 0 Å². The van der Waals surface area contributed by atoms with Crippen molar-refractivity contribution < 1.29 is 4.79 Å². The van der Waals surface area contributed by atoms with Gasteiger partial charge in [-0.15, -0.1) is 0 Å². The highest BCUT2D eigenvalue weighted by atomic mass is 16.1. The van der Waals surface area contributed by atoms with Crippen LogP contribution in [0.5, 0.6) is 0 Å². The van der Waals surface area contributed by atoms with Gasteiger partial charge >= 0.3 is 0 Å². The Balaban J connectivity index is 1.76. The molecule has 4 rings (SSSR count). The lowest BCUT2D eigenvalue weighted by atomic mass is 9.94. The summed E-state index contributed by atoms with van der Waals surface area (Å²) in [5, 5.41) is 2.43. The average molecular weight is 334 g/mol. The number of fused-ring (bicyclic) bond motifs is 1. The highest BCUT2D eigenvalue weighted by Gasteiger charge is 2.07. The van der Waals surface area contributed by atoms with Crippen LogP contribution >= 0.6 is 0 Å². The summed E-state index contributed by atoms with van der Waals surface area (Å²) < 4.78 is 0. The first-order valence-corrected chi connectivity index (χ1v) is 8.67. The van der Waals surface area contributed by atoms with Gasteiger partial charge in [-0.05, 0) is 33.5 Å². The van der Waals surface area contributed by atoms with Gasteiger partial charge in [-0.2, -0.15) is 0 Å². The molecule has 0 amide bonds. The first-order valence-electron chi connectivity index (χ1n) is 8.67. The Morgan fingerprint density at radius 2 is 1.27 bits per heavy atom. The fraction of sp³-hybridized carbons (Fsp3) is 0. The van der Waals surface area contributed by atoms with Crippen molar-refractivity contribution in [1.29, 1.82) is 0 Å². The summed E-state index contributed by atoms with van der Waals surface area (Å²) in [6.07, 6.45) is 3.56. The van der Waals surface area contributed by atoms with E-state index in [-0.39, 0.29) is 5.78 Å². The van der Waals surface area contributed by atoms with Crippen LogP contribution in [-0.4, -0.2) is 5.78 Å². The fourth-order valence-corrected chi connectivity index (χ4v) is 3.21. The number of carbonyl (C=O) groups is 1. The number of carbonyl (C=O) groups excluding carboxylic acids is 1. The number of benzene rings is 4. The maximum absolute atomic E-state index is 12.4.